The highest BCUT2D eigenvalue weighted by Gasteiger charge is 2.18. The Morgan fingerprint density at radius 2 is 1.92 bits per heavy atom. The second-order valence-electron chi connectivity index (χ2n) is 6.12. The van der Waals surface area contributed by atoms with Crippen molar-refractivity contribution in [1.29, 1.82) is 0 Å². The number of rotatable bonds is 5. The molecule has 0 aliphatic rings. The molecule has 1 heterocycles. The molecular formula is C20H23N3O. The lowest BCUT2D eigenvalue weighted by molar-refractivity contribution is -0.120. The van der Waals surface area contributed by atoms with E-state index in [0.717, 1.165) is 23.9 Å². The van der Waals surface area contributed by atoms with Gasteiger partial charge in [0, 0.05) is 23.1 Å². The second kappa shape index (κ2) is 6.89. The van der Waals surface area contributed by atoms with Crippen molar-refractivity contribution in [2.75, 3.05) is 0 Å². The van der Waals surface area contributed by atoms with E-state index in [9.17, 15) is 4.79 Å². The average molecular weight is 321 g/mol. The topological polar surface area (TPSA) is 60.1 Å². The Kier molecular flexibility index (Phi) is 4.67. The molecule has 0 aliphatic heterocycles. The van der Waals surface area contributed by atoms with Gasteiger partial charge >= 0.3 is 0 Å². The molecule has 0 radical (unpaired) electrons. The summed E-state index contributed by atoms with van der Waals surface area (Å²) in [5.74, 6) is 5.15. The van der Waals surface area contributed by atoms with Crippen molar-refractivity contribution in [3.63, 3.8) is 0 Å². The molecule has 0 unspecified atom stereocenters. The summed E-state index contributed by atoms with van der Waals surface area (Å²) in [5.41, 5.74) is 8.14. The van der Waals surface area contributed by atoms with Crippen LogP contribution in [-0.4, -0.2) is 10.5 Å². The van der Waals surface area contributed by atoms with Crippen LogP contribution in [-0.2, 0) is 24.2 Å². The van der Waals surface area contributed by atoms with E-state index >= 15 is 0 Å². The molecule has 0 saturated carbocycles. The Hall–Kier alpha value is -2.59. The highest BCUT2D eigenvalue weighted by atomic mass is 16.2. The fourth-order valence-electron chi connectivity index (χ4n) is 3.35. The third-order valence-electron chi connectivity index (χ3n) is 4.46. The van der Waals surface area contributed by atoms with Gasteiger partial charge in [0.25, 0.3) is 0 Å². The summed E-state index contributed by atoms with van der Waals surface area (Å²) in [4.78, 5) is 11.9. The van der Waals surface area contributed by atoms with Crippen molar-refractivity contribution in [1.82, 2.24) is 9.99 Å². The van der Waals surface area contributed by atoms with Crippen molar-refractivity contribution in [3.8, 4) is 0 Å². The average Bonchev–Trinajstić information content (AvgIpc) is 2.88. The number of benzene rings is 2. The van der Waals surface area contributed by atoms with Gasteiger partial charge in [0.05, 0.1) is 6.42 Å². The fourth-order valence-corrected chi connectivity index (χ4v) is 3.35. The summed E-state index contributed by atoms with van der Waals surface area (Å²) in [7, 11) is 0. The maximum absolute atomic E-state index is 11.9. The molecule has 3 rings (SSSR count). The van der Waals surface area contributed by atoms with Crippen LogP contribution in [0.3, 0.4) is 0 Å². The normalized spacial score (nSPS) is 11.0. The molecular weight excluding hydrogens is 298 g/mol. The minimum atomic E-state index is -0.162. The monoisotopic (exact) mass is 321 g/mol. The van der Waals surface area contributed by atoms with Gasteiger partial charge in [0.15, 0.2) is 0 Å². The summed E-state index contributed by atoms with van der Waals surface area (Å²) in [6, 6.07) is 16.8. The number of hydrogen-bond acceptors (Lipinski definition) is 2. The number of aryl methyl sites for hydroxylation is 1. The van der Waals surface area contributed by atoms with Gasteiger partial charge in [-0.2, -0.15) is 0 Å². The molecule has 4 nitrogen and oxygen atoms in total. The lowest BCUT2D eigenvalue weighted by Gasteiger charge is -2.11. The van der Waals surface area contributed by atoms with Crippen molar-refractivity contribution in [3.05, 3.63) is 70.9 Å². The van der Waals surface area contributed by atoms with Crippen molar-refractivity contribution >= 4 is 16.8 Å². The molecule has 4 heteroatoms. The third kappa shape index (κ3) is 3.05. The van der Waals surface area contributed by atoms with Gasteiger partial charge in [-0.3, -0.25) is 10.2 Å². The predicted molar refractivity (Wildman–Crippen MR) is 97.6 cm³/mol. The first-order chi connectivity index (χ1) is 11.6. The minimum absolute atomic E-state index is 0.162. The van der Waals surface area contributed by atoms with Crippen LogP contribution in [0.2, 0.25) is 0 Å². The van der Waals surface area contributed by atoms with Crippen LogP contribution in [0.5, 0.6) is 0 Å². The van der Waals surface area contributed by atoms with Gasteiger partial charge in [0.1, 0.15) is 0 Å². The second-order valence-corrected chi connectivity index (χ2v) is 6.12. The Balaban J connectivity index is 2.18. The molecule has 0 fully saturated rings. The molecule has 3 aromatic rings. The number of fused-ring (bicyclic) bond motifs is 1. The van der Waals surface area contributed by atoms with E-state index in [1.54, 1.807) is 0 Å². The summed E-state index contributed by atoms with van der Waals surface area (Å²) >= 11 is 0. The van der Waals surface area contributed by atoms with Gasteiger partial charge in [-0.15, -0.1) is 0 Å². The van der Waals surface area contributed by atoms with Crippen LogP contribution in [0, 0.1) is 6.92 Å². The van der Waals surface area contributed by atoms with E-state index in [0.29, 0.717) is 6.42 Å². The number of carbonyl (C=O) groups is 1. The molecule has 1 amide bonds. The van der Waals surface area contributed by atoms with E-state index in [1.807, 2.05) is 6.07 Å². The standard InChI is InChI=1S/C20H23N3O/c1-3-18-17(12-20(24)22-21)16-11-14(2)9-10-19(16)23(18)13-15-7-5-4-6-8-15/h4-11H,3,12-13,21H2,1-2H3,(H,22,24). The smallest absolute Gasteiger partial charge is 0.238 e. The van der Waals surface area contributed by atoms with Gasteiger partial charge < -0.3 is 4.57 Å². The molecule has 0 spiro atoms. The largest absolute Gasteiger partial charge is 0.340 e. The zero-order valence-electron chi connectivity index (χ0n) is 14.2. The van der Waals surface area contributed by atoms with Crippen molar-refractivity contribution in [2.45, 2.75) is 33.2 Å². The zero-order chi connectivity index (χ0) is 17.1. The van der Waals surface area contributed by atoms with Crippen LogP contribution in [0.4, 0.5) is 0 Å². The van der Waals surface area contributed by atoms with E-state index in [-0.39, 0.29) is 5.91 Å². The number of hydrazine groups is 1. The van der Waals surface area contributed by atoms with Gasteiger partial charge in [-0.25, -0.2) is 5.84 Å². The van der Waals surface area contributed by atoms with E-state index in [4.69, 9.17) is 5.84 Å². The molecule has 24 heavy (non-hydrogen) atoms. The SMILES string of the molecule is CCc1c(CC(=O)NN)c2cc(C)ccc2n1Cc1ccccc1. The minimum Gasteiger partial charge on any atom is -0.340 e. The number of nitrogens with two attached hydrogens (primary N) is 1. The van der Waals surface area contributed by atoms with Crippen LogP contribution in [0.15, 0.2) is 48.5 Å². The summed E-state index contributed by atoms with van der Waals surface area (Å²) in [6.07, 6.45) is 1.18. The number of aromatic nitrogens is 1. The lowest BCUT2D eigenvalue weighted by Crippen LogP contribution is -2.31. The Bertz CT molecular complexity index is 865. The Morgan fingerprint density at radius 1 is 1.17 bits per heavy atom. The van der Waals surface area contributed by atoms with Crippen LogP contribution in [0.25, 0.3) is 10.9 Å². The van der Waals surface area contributed by atoms with E-state index in [2.05, 4.69) is 66.3 Å². The van der Waals surface area contributed by atoms with E-state index in [1.165, 1.54) is 22.3 Å². The predicted octanol–water partition coefficient (Wildman–Crippen LogP) is 3.09. The van der Waals surface area contributed by atoms with Gasteiger partial charge in [-0.1, -0.05) is 48.9 Å². The number of hydrogen-bond donors (Lipinski definition) is 2. The fraction of sp³-hybridized carbons (Fsp3) is 0.250. The summed E-state index contributed by atoms with van der Waals surface area (Å²) in [6.45, 7) is 5.01. The molecule has 2 aromatic carbocycles. The van der Waals surface area contributed by atoms with Crippen LogP contribution < -0.4 is 11.3 Å². The lowest BCUT2D eigenvalue weighted by atomic mass is 10.0. The Labute approximate surface area is 142 Å². The number of amides is 1. The molecule has 3 N–H and O–H groups in total. The number of carbonyl (C=O) groups excluding carboxylic acids is 1. The highest BCUT2D eigenvalue weighted by Crippen LogP contribution is 2.29. The molecule has 1 aromatic heterocycles. The summed E-state index contributed by atoms with van der Waals surface area (Å²) < 4.78 is 2.32. The van der Waals surface area contributed by atoms with Gasteiger partial charge in [0.2, 0.25) is 5.91 Å². The zero-order valence-corrected chi connectivity index (χ0v) is 14.2. The quantitative estimate of drug-likeness (QED) is 0.431. The first kappa shape index (κ1) is 16.3. The highest BCUT2D eigenvalue weighted by molar-refractivity contribution is 5.91. The number of nitrogens with one attached hydrogen (secondary N) is 1. The maximum Gasteiger partial charge on any atom is 0.238 e. The van der Waals surface area contributed by atoms with Crippen molar-refractivity contribution < 1.29 is 4.79 Å². The first-order valence-electron chi connectivity index (χ1n) is 8.28. The van der Waals surface area contributed by atoms with E-state index < -0.39 is 0 Å². The summed E-state index contributed by atoms with van der Waals surface area (Å²) in [5, 5.41) is 1.14. The number of nitrogens with zero attached hydrogens (tertiary/aromatic N) is 1. The first-order valence-corrected chi connectivity index (χ1v) is 8.28. The molecule has 0 aliphatic carbocycles. The Morgan fingerprint density at radius 3 is 2.58 bits per heavy atom. The third-order valence-corrected chi connectivity index (χ3v) is 4.46. The van der Waals surface area contributed by atoms with Crippen LogP contribution in [0.1, 0.15) is 29.3 Å². The molecule has 0 bridgehead atoms. The molecule has 124 valence electrons. The van der Waals surface area contributed by atoms with Crippen molar-refractivity contribution in [2.24, 2.45) is 5.84 Å². The molecule has 0 atom stereocenters. The van der Waals surface area contributed by atoms with Gasteiger partial charge in [-0.05, 0) is 36.6 Å². The maximum atomic E-state index is 11.9. The molecule has 0 saturated heterocycles. The van der Waals surface area contributed by atoms with Crippen LogP contribution >= 0.6 is 0 Å².